The molecule has 3 atom stereocenters. The summed E-state index contributed by atoms with van der Waals surface area (Å²) in [6, 6.07) is 0. The summed E-state index contributed by atoms with van der Waals surface area (Å²) in [6.07, 6.45) is 5.75. The van der Waals surface area contributed by atoms with Crippen LogP contribution >= 0.6 is 0 Å². The second-order valence-electron chi connectivity index (χ2n) is 7.83. The Balaban J connectivity index is 2.24. The predicted molar refractivity (Wildman–Crippen MR) is 66.8 cm³/mol. The van der Waals surface area contributed by atoms with E-state index in [0.717, 1.165) is 11.8 Å². The minimum absolute atomic E-state index is 0.570. The fraction of sp³-hybridized carbons (Fsp3) is 1.00. The maximum atomic E-state index is 2.54. The van der Waals surface area contributed by atoms with Crippen LogP contribution in [0, 0.1) is 28.1 Å². The molecule has 0 aliphatic heterocycles. The Morgan fingerprint density at radius 1 is 1.00 bits per heavy atom. The minimum atomic E-state index is 0.570. The minimum Gasteiger partial charge on any atom is -0.0622 e. The largest absolute Gasteiger partial charge is 0.0622 e. The molecule has 2 aliphatic rings. The highest BCUT2D eigenvalue weighted by Gasteiger charge is 2.69. The summed E-state index contributed by atoms with van der Waals surface area (Å²) < 4.78 is 0. The van der Waals surface area contributed by atoms with E-state index < -0.39 is 0 Å². The van der Waals surface area contributed by atoms with Crippen molar-refractivity contribution < 1.29 is 0 Å². The molecule has 0 aromatic carbocycles. The van der Waals surface area contributed by atoms with Crippen molar-refractivity contribution in [1.82, 2.24) is 0 Å². The second kappa shape index (κ2) is 3.02. The van der Waals surface area contributed by atoms with Gasteiger partial charge in [0.2, 0.25) is 0 Å². The van der Waals surface area contributed by atoms with Crippen molar-refractivity contribution in [2.75, 3.05) is 0 Å². The molecule has 2 fully saturated rings. The topological polar surface area (TPSA) is 0 Å². The van der Waals surface area contributed by atoms with E-state index in [1.54, 1.807) is 0 Å². The molecule has 0 nitrogen and oxygen atoms in total. The number of rotatable bonds is 0. The molecular weight excluding hydrogens is 180 g/mol. The molecule has 2 saturated carbocycles. The Bertz CT molecular complexity index is 261. The quantitative estimate of drug-likeness (QED) is 0.532. The highest BCUT2D eigenvalue weighted by Crippen LogP contribution is 2.76. The van der Waals surface area contributed by atoms with Crippen molar-refractivity contribution in [3.05, 3.63) is 0 Å². The summed E-state index contributed by atoms with van der Waals surface area (Å²) in [6.45, 7) is 15.0. The molecule has 0 aromatic rings. The van der Waals surface area contributed by atoms with Gasteiger partial charge in [-0.25, -0.2) is 0 Å². The zero-order valence-electron chi connectivity index (χ0n) is 11.5. The first-order valence-corrected chi connectivity index (χ1v) is 6.71. The molecular formula is C15H28. The lowest BCUT2D eigenvalue weighted by Crippen LogP contribution is -2.22. The van der Waals surface area contributed by atoms with Crippen molar-refractivity contribution >= 4 is 0 Å². The van der Waals surface area contributed by atoms with Gasteiger partial charge < -0.3 is 0 Å². The maximum Gasteiger partial charge on any atom is -0.0230 e. The van der Waals surface area contributed by atoms with Gasteiger partial charge in [-0.2, -0.15) is 0 Å². The molecule has 0 N–H and O–H groups in total. The third kappa shape index (κ3) is 1.56. The molecule has 0 spiro atoms. The molecule has 0 heterocycles. The lowest BCUT2D eigenvalue weighted by Gasteiger charge is -2.33. The van der Waals surface area contributed by atoms with Crippen molar-refractivity contribution in [3.63, 3.8) is 0 Å². The van der Waals surface area contributed by atoms with E-state index in [2.05, 4.69) is 41.5 Å². The van der Waals surface area contributed by atoms with Gasteiger partial charge in [0.1, 0.15) is 0 Å². The Morgan fingerprint density at radius 3 is 2.20 bits per heavy atom. The molecule has 0 saturated heterocycles. The van der Waals surface area contributed by atoms with Gasteiger partial charge in [0.25, 0.3) is 0 Å². The SMILES string of the molecule is CC1CCCC(C)(C)CC2(C)C1C2(C)C. The summed E-state index contributed by atoms with van der Waals surface area (Å²) in [7, 11) is 0. The summed E-state index contributed by atoms with van der Waals surface area (Å²) in [5.41, 5.74) is 1.78. The first kappa shape index (κ1) is 11.5. The molecule has 2 rings (SSSR count). The van der Waals surface area contributed by atoms with Crippen LogP contribution in [-0.2, 0) is 0 Å². The van der Waals surface area contributed by atoms with Gasteiger partial charge in [0.05, 0.1) is 0 Å². The van der Waals surface area contributed by atoms with Gasteiger partial charge in [-0.1, -0.05) is 54.4 Å². The first-order chi connectivity index (χ1) is 6.71. The summed E-state index contributed by atoms with van der Waals surface area (Å²) in [5, 5.41) is 0. The average molecular weight is 208 g/mol. The third-order valence-electron chi connectivity index (χ3n) is 5.78. The molecule has 15 heavy (non-hydrogen) atoms. The zero-order chi connectivity index (χ0) is 11.5. The van der Waals surface area contributed by atoms with Gasteiger partial charge >= 0.3 is 0 Å². The van der Waals surface area contributed by atoms with E-state index in [1.165, 1.54) is 25.7 Å². The van der Waals surface area contributed by atoms with Crippen LogP contribution < -0.4 is 0 Å². The van der Waals surface area contributed by atoms with Crippen molar-refractivity contribution in [2.24, 2.45) is 28.1 Å². The van der Waals surface area contributed by atoms with Crippen LogP contribution in [0.1, 0.15) is 67.2 Å². The molecule has 0 bridgehead atoms. The van der Waals surface area contributed by atoms with Gasteiger partial charge in [0.15, 0.2) is 0 Å². The van der Waals surface area contributed by atoms with E-state index in [4.69, 9.17) is 0 Å². The van der Waals surface area contributed by atoms with Gasteiger partial charge in [-0.15, -0.1) is 0 Å². The van der Waals surface area contributed by atoms with E-state index in [0.29, 0.717) is 16.2 Å². The van der Waals surface area contributed by atoms with Crippen molar-refractivity contribution in [1.29, 1.82) is 0 Å². The highest BCUT2D eigenvalue weighted by atomic mass is 14.7. The smallest absolute Gasteiger partial charge is 0.0230 e. The first-order valence-electron chi connectivity index (χ1n) is 6.71. The number of hydrogen-bond donors (Lipinski definition) is 0. The Hall–Kier alpha value is 0. The van der Waals surface area contributed by atoms with E-state index >= 15 is 0 Å². The van der Waals surface area contributed by atoms with Crippen LogP contribution in [0.2, 0.25) is 0 Å². The van der Waals surface area contributed by atoms with E-state index in [-0.39, 0.29) is 0 Å². The number of fused-ring (bicyclic) bond motifs is 1. The van der Waals surface area contributed by atoms with Gasteiger partial charge in [-0.05, 0) is 40.9 Å². The molecule has 88 valence electrons. The second-order valence-corrected chi connectivity index (χ2v) is 7.83. The van der Waals surface area contributed by atoms with Crippen molar-refractivity contribution in [2.45, 2.75) is 67.2 Å². The predicted octanol–water partition coefficient (Wildman–Crippen LogP) is 4.89. The monoisotopic (exact) mass is 208 g/mol. The van der Waals surface area contributed by atoms with Crippen LogP contribution in [0.3, 0.4) is 0 Å². The molecule has 2 aliphatic carbocycles. The maximum absolute atomic E-state index is 2.54. The summed E-state index contributed by atoms with van der Waals surface area (Å²) in [4.78, 5) is 0. The average Bonchev–Trinajstić information content (AvgIpc) is 2.40. The standard InChI is InChI=1S/C15H28/c1-11-8-7-9-13(2,3)10-15(6)12(11)14(15,4)5/h11-12H,7-10H2,1-6H3. The van der Waals surface area contributed by atoms with Crippen LogP contribution in [0.4, 0.5) is 0 Å². The van der Waals surface area contributed by atoms with Gasteiger partial charge in [0, 0.05) is 0 Å². The molecule has 0 heteroatoms. The third-order valence-corrected chi connectivity index (χ3v) is 5.78. The fourth-order valence-corrected chi connectivity index (χ4v) is 4.95. The molecule has 0 radical (unpaired) electrons. The highest BCUT2D eigenvalue weighted by molar-refractivity contribution is 5.17. The van der Waals surface area contributed by atoms with Gasteiger partial charge in [-0.3, -0.25) is 0 Å². The van der Waals surface area contributed by atoms with Crippen LogP contribution in [0.25, 0.3) is 0 Å². The lowest BCUT2D eigenvalue weighted by atomic mass is 9.72. The van der Waals surface area contributed by atoms with Crippen LogP contribution in [0.15, 0.2) is 0 Å². The number of hydrogen-bond acceptors (Lipinski definition) is 0. The Labute approximate surface area is 95.8 Å². The fourth-order valence-electron chi connectivity index (χ4n) is 4.95. The normalized spacial score (nSPS) is 47.6. The van der Waals surface area contributed by atoms with Crippen LogP contribution in [-0.4, -0.2) is 0 Å². The van der Waals surface area contributed by atoms with Crippen LogP contribution in [0.5, 0.6) is 0 Å². The van der Waals surface area contributed by atoms with E-state index in [9.17, 15) is 0 Å². The molecule has 0 amide bonds. The zero-order valence-corrected chi connectivity index (χ0v) is 11.5. The molecule has 3 unspecified atom stereocenters. The molecule has 0 aromatic heterocycles. The Kier molecular flexibility index (Phi) is 2.31. The van der Waals surface area contributed by atoms with Crippen molar-refractivity contribution in [3.8, 4) is 0 Å². The van der Waals surface area contributed by atoms with E-state index in [1.807, 2.05) is 0 Å². The Morgan fingerprint density at radius 2 is 1.60 bits per heavy atom. The summed E-state index contributed by atoms with van der Waals surface area (Å²) >= 11 is 0. The lowest BCUT2D eigenvalue weighted by molar-refractivity contribution is 0.179. The summed E-state index contributed by atoms with van der Waals surface area (Å²) in [5.74, 6) is 1.92.